The highest BCUT2D eigenvalue weighted by atomic mass is 35.5. The van der Waals surface area contributed by atoms with Crippen molar-refractivity contribution in [3.63, 3.8) is 0 Å². The number of hydrogen-bond donors (Lipinski definition) is 2. The lowest BCUT2D eigenvalue weighted by molar-refractivity contribution is 0.178. The molecule has 4 N–H and O–H groups in total. The predicted octanol–water partition coefficient (Wildman–Crippen LogP) is 4.67. The van der Waals surface area contributed by atoms with Crippen LogP contribution in [0, 0.1) is 11.6 Å². The second-order valence-corrected chi connectivity index (χ2v) is 8.85. The Morgan fingerprint density at radius 1 is 1.05 bits per heavy atom. The number of aromatic nitrogens is 5. The Hall–Kier alpha value is -4.84. The van der Waals surface area contributed by atoms with E-state index in [1.807, 2.05) is 0 Å². The molecule has 0 aliphatic rings. The monoisotopic (exact) mass is 550 g/mol. The number of nitrogen functional groups attached to an aromatic ring is 2. The summed E-state index contributed by atoms with van der Waals surface area (Å²) in [4.78, 5) is 26.6. The first-order chi connectivity index (χ1) is 18.8. The van der Waals surface area contributed by atoms with E-state index in [0.29, 0.717) is 27.4 Å². The summed E-state index contributed by atoms with van der Waals surface area (Å²) in [5.74, 6) is -1.49. The van der Waals surface area contributed by atoms with Crippen LogP contribution in [0.5, 0.6) is 0 Å². The van der Waals surface area contributed by atoms with Crippen LogP contribution < -0.4 is 16.4 Å². The summed E-state index contributed by atoms with van der Waals surface area (Å²) in [6.45, 7) is -0.0317. The molecule has 0 spiro atoms. The zero-order chi connectivity index (χ0) is 27.7. The number of nitrogens with two attached hydrogens (primary N) is 2. The van der Waals surface area contributed by atoms with Gasteiger partial charge in [0.15, 0.2) is 11.6 Å². The molecule has 198 valence electrons. The number of benzene rings is 2. The number of ether oxygens (including phenoxy) is 1. The Kier molecular flexibility index (Phi) is 6.94. The minimum atomic E-state index is -0.771. The fourth-order valence-corrected chi connectivity index (χ4v) is 4.31. The average molecular weight is 551 g/mol. The van der Waals surface area contributed by atoms with E-state index in [1.54, 1.807) is 42.5 Å². The largest absolute Gasteiger partial charge is 0.452 e. The summed E-state index contributed by atoms with van der Waals surface area (Å²) in [7, 11) is 1.21. The van der Waals surface area contributed by atoms with Gasteiger partial charge in [0.25, 0.3) is 5.95 Å². The summed E-state index contributed by atoms with van der Waals surface area (Å²) in [6, 6.07) is 14.3. The van der Waals surface area contributed by atoms with Crippen molar-refractivity contribution in [1.29, 1.82) is 0 Å². The van der Waals surface area contributed by atoms with Gasteiger partial charge in [0.1, 0.15) is 22.8 Å². The highest BCUT2D eigenvalue weighted by Crippen LogP contribution is 2.32. The van der Waals surface area contributed by atoms with Crippen molar-refractivity contribution in [2.75, 3.05) is 23.5 Å². The lowest BCUT2D eigenvalue weighted by Gasteiger charge is -2.24. The van der Waals surface area contributed by atoms with Crippen molar-refractivity contribution < 1.29 is 18.3 Å². The molecule has 3 heterocycles. The molecule has 0 atom stereocenters. The molecule has 0 aliphatic heterocycles. The number of halogens is 3. The van der Waals surface area contributed by atoms with Gasteiger partial charge in [-0.05, 0) is 23.3 Å². The molecular formula is C26H21ClF2N8O2. The molecule has 2 aromatic carbocycles. The lowest BCUT2D eigenvalue weighted by atomic mass is 10.1. The van der Waals surface area contributed by atoms with Gasteiger partial charge in [0.05, 0.1) is 31.1 Å². The van der Waals surface area contributed by atoms with E-state index >= 15 is 0 Å². The standard InChI is InChI=1S/C26H21ClF2N8O2/c1-39-26(38)36(13-15-7-2-4-8-17(15)27)22-23(30)33-25(34-24(22)31)37-20-11-16(28)12-32-21(20)19(35-37)10-14-6-3-5-9-18(14)29/h2-9,11-12H,10,13H2,1H3,(H4,30,31,33,34). The Morgan fingerprint density at radius 3 is 2.38 bits per heavy atom. The number of carbonyl (C=O) groups is 1. The number of nitrogens with zero attached hydrogens (tertiary/aromatic N) is 6. The van der Waals surface area contributed by atoms with E-state index in [4.69, 9.17) is 27.8 Å². The van der Waals surface area contributed by atoms with Gasteiger partial charge in [-0.15, -0.1) is 0 Å². The minimum Gasteiger partial charge on any atom is -0.452 e. The predicted molar refractivity (Wildman–Crippen MR) is 142 cm³/mol. The topological polar surface area (TPSA) is 138 Å². The molecule has 0 aliphatic carbocycles. The van der Waals surface area contributed by atoms with Crippen molar-refractivity contribution in [3.05, 3.63) is 94.3 Å². The van der Waals surface area contributed by atoms with Crippen LogP contribution in [0.4, 0.5) is 30.9 Å². The molecule has 10 nitrogen and oxygen atoms in total. The molecule has 13 heteroatoms. The highest BCUT2D eigenvalue weighted by molar-refractivity contribution is 6.31. The molecule has 0 fully saturated rings. The number of pyridine rings is 1. The normalized spacial score (nSPS) is 11.1. The summed E-state index contributed by atoms with van der Waals surface area (Å²) in [5, 5.41) is 4.90. The Balaban J connectivity index is 1.60. The van der Waals surface area contributed by atoms with Crippen LogP contribution in [-0.4, -0.2) is 37.9 Å². The second-order valence-electron chi connectivity index (χ2n) is 8.44. The van der Waals surface area contributed by atoms with Gasteiger partial charge >= 0.3 is 6.09 Å². The third-order valence-electron chi connectivity index (χ3n) is 5.94. The molecule has 5 rings (SSSR count). The molecule has 1 amide bonds. The maximum Gasteiger partial charge on any atom is 0.414 e. The smallest absolute Gasteiger partial charge is 0.414 e. The molecule has 39 heavy (non-hydrogen) atoms. The minimum absolute atomic E-state index is 0.00197. The van der Waals surface area contributed by atoms with Gasteiger partial charge in [0.2, 0.25) is 0 Å². The molecule has 0 saturated heterocycles. The van der Waals surface area contributed by atoms with Gasteiger partial charge in [-0.25, -0.2) is 18.6 Å². The van der Waals surface area contributed by atoms with E-state index in [2.05, 4.69) is 20.1 Å². The van der Waals surface area contributed by atoms with Crippen LogP contribution in [0.2, 0.25) is 5.02 Å². The number of methoxy groups -OCH3 is 1. The fraction of sp³-hybridized carbons (Fsp3) is 0.115. The summed E-state index contributed by atoms with van der Waals surface area (Å²) in [6.07, 6.45) is 0.341. The maximum atomic E-state index is 14.3. The first-order valence-corrected chi connectivity index (χ1v) is 11.9. The number of carbonyl (C=O) groups excluding carboxylic acids is 1. The van der Waals surface area contributed by atoms with Crippen LogP contribution >= 0.6 is 11.6 Å². The molecule has 0 bridgehead atoms. The average Bonchev–Trinajstić information content (AvgIpc) is 3.26. The van der Waals surface area contributed by atoms with Crippen LogP contribution in [0.15, 0.2) is 60.8 Å². The first-order valence-electron chi connectivity index (χ1n) is 11.6. The van der Waals surface area contributed by atoms with E-state index in [-0.39, 0.29) is 41.8 Å². The maximum absolute atomic E-state index is 14.3. The SMILES string of the molecule is COC(=O)N(Cc1ccccc1Cl)c1c(N)nc(-n2nc(Cc3ccccc3F)c3ncc(F)cc32)nc1N. The molecule has 0 saturated carbocycles. The van der Waals surface area contributed by atoms with Crippen molar-refractivity contribution in [2.45, 2.75) is 13.0 Å². The summed E-state index contributed by atoms with van der Waals surface area (Å²) >= 11 is 6.28. The number of anilines is 3. The molecule has 5 aromatic rings. The second kappa shape index (κ2) is 10.5. The van der Waals surface area contributed by atoms with E-state index < -0.39 is 17.7 Å². The molecule has 0 unspecified atom stereocenters. The number of amides is 1. The lowest BCUT2D eigenvalue weighted by Crippen LogP contribution is -2.32. The Morgan fingerprint density at radius 2 is 1.72 bits per heavy atom. The van der Waals surface area contributed by atoms with Crippen LogP contribution in [0.3, 0.4) is 0 Å². The van der Waals surface area contributed by atoms with Gasteiger partial charge in [-0.3, -0.25) is 4.90 Å². The van der Waals surface area contributed by atoms with Crippen molar-refractivity contribution in [2.24, 2.45) is 0 Å². The molecule has 0 radical (unpaired) electrons. The molecular weight excluding hydrogens is 530 g/mol. The number of rotatable bonds is 6. The fourth-order valence-electron chi connectivity index (χ4n) is 4.12. The van der Waals surface area contributed by atoms with Crippen molar-refractivity contribution in [1.82, 2.24) is 24.7 Å². The Bertz CT molecular complexity index is 1690. The molecule has 3 aromatic heterocycles. The quantitative estimate of drug-likeness (QED) is 0.311. The highest BCUT2D eigenvalue weighted by Gasteiger charge is 2.26. The van der Waals surface area contributed by atoms with Crippen LogP contribution in [0.25, 0.3) is 17.0 Å². The van der Waals surface area contributed by atoms with Gasteiger partial charge in [0, 0.05) is 17.5 Å². The zero-order valence-corrected chi connectivity index (χ0v) is 21.2. The third-order valence-corrected chi connectivity index (χ3v) is 6.31. The zero-order valence-electron chi connectivity index (χ0n) is 20.5. The van der Waals surface area contributed by atoms with Crippen molar-refractivity contribution in [3.8, 4) is 5.95 Å². The van der Waals surface area contributed by atoms with Gasteiger partial charge < -0.3 is 16.2 Å². The van der Waals surface area contributed by atoms with Crippen molar-refractivity contribution >= 4 is 46.1 Å². The first kappa shape index (κ1) is 25.8. The van der Waals surface area contributed by atoms with E-state index in [1.165, 1.54) is 23.9 Å². The van der Waals surface area contributed by atoms with Crippen LogP contribution in [-0.2, 0) is 17.7 Å². The summed E-state index contributed by atoms with van der Waals surface area (Å²) < 4.78 is 34.7. The van der Waals surface area contributed by atoms with Gasteiger partial charge in [-0.2, -0.15) is 19.7 Å². The van der Waals surface area contributed by atoms with Crippen LogP contribution in [0.1, 0.15) is 16.8 Å². The van der Waals surface area contributed by atoms with E-state index in [0.717, 1.165) is 11.1 Å². The van der Waals surface area contributed by atoms with E-state index in [9.17, 15) is 13.6 Å². The third kappa shape index (κ3) is 5.01. The van der Waals surface area contributed by atoms with Gasteiger partial charge in [-0.1, -0.05) is 48.0 Å². The Labute approximate surface area is 225 Å². The number of fused-ring (bicyclic) bond motifs is 1. The number of hydrogen-bond acceptors (Lipinski definition) is 8. The summed E-state index contributed by atoms with van der Waals surface area (Å²) in [5.41, 5.74) is 14.4.